The van der Waals surface area contributed by atoms with E-state index in [0.717, 1.165) is 18.6 Å². The minimum absolute atomic E-state index is 0.0402. The summed E-state index contributed by atoms with van der Waals surface area (Å²) in [6.07, 6.45) is 1.23. The Bertz CT molecular complexity index is 849. The number of carbonyl (C=O) groups is 2. The molecule has 2 aliphatic heterocycles. The summed E-state index contributed by atoms with van der Waals surface area (Å²) < 4.78 is 16.7. The fourth-order valence-electron chi connectivity index (χ4n) is 3.31. The summed E-state index contributed by atoms with van der Waals surface area (Å²) in [6.45, 7) is 1.35. The lowest BCUT2D eigenvalue weighted by Gasteiger charge is -2.29. The fraction of sp³-hybridized carbons (Fsp3) is 0.333. The first-order chi connectivity index (χ1) is 13.7. The van der Waals surface area contributed by atoms with Crippen molar-refractivity contribution in [3.8, 4) is 11.5 Å². The van der Waals surface area contributed by atoms with Gasteiger partial charge in [-0.05, 0) is 37.1 Å². The maximum Gasteiger partial charge on any atom is 0.265 e. The first-order valence-corrected chi connectivity index (χ1v) is 9.38. The molecule has 0 aliphatic carbocycles. The number of fused-ring (bicyclic) bond motifs is 1. The molecule has 2 aromatic carbocycles. The van der Waals surface area contributed by atoms with Crippen LogP contribution in [0.25, 0.3) is 0 Å². The third-order valence-electron chi connectivity index (χ3n) is 4.72. The van der Waals surface area contributed by atoms with Crippen LogP contribution >= 0.6 is 0 Å². The smallest absolute Gasteiger partial charge is 0.265 e. The van der Waals surface area contributed by atoms with Crippen LogP contribution in [0.15, 0.2) is 48.5 Å². The number of ether oxygens (including phenoxy) is 3. The van der Waals surface area contributed by atoms with Crippen molar-refractivity contribution in [3.05, 3.63) is 48.5 Å². The van der Waals surface area contributed by atoms with Gasteiger partial charge in [-0.3, -0.25) is 9.59 Å². The Balaban J connectivity index is 1.41. The van der Waals surface area contributed by atoms with Crippen LogP contribution in [0.4, 0.5) is 11.4 Å². The Labute approximate surface area is 163 Å². The zero-order chi connectivity index (χ0) is 19.3. The van der Waals surface area contributed by atoms with E-state index >= 15 is 0 Å². The molecule has 1 unspecified atom stereocenters. The highest BCUT2D eigenvalue weighted by molar-refractivity contribution is 5.99. The second-order valence-corrected chi connectivity index (χ2v) is 6.67. The molecule has 4 rings (SSSR count). The number of amides is 2. The van der Waals surface area contributed by atoms with Crippen LogP contribution in [0.2, 0.25) is 0 Å². The molecule has 2 heterocycles. The highest BCUT2D eigenvalue weighted by atomic mass is 16.5. The molecule has 0 saturated carbocycles. The maximum atomic E-state index is 12.3. The van der Waals surface area contributed by atoms with Crippen molar-refractivity contribution in [2.45, 2.75) is 18.9 Å². The first-order valence-electron chi connectivity index (χ1n) is 9.38. The molecule has 0 aromatic heterocycles. The Kier molecular flexibility index (Phi) is 5.43. The third kappa shape index (κ3) is 4.09. The molecule has 0 radical (unpaired) electrons. The fourth-order valence-corrected chi connectivity index (χ4v) is 3.31. The van der Waals surface area contributed by atoms with Gasteiger partial charge in [0, 0.05) is 18.4 Å². The molecular weight excluding hydrogens is 360 g/mol. The minimum Gasteiger partial charge on any atom is -0.492 e. The van der Waals surface area contributed by atoms with E-state index in [-0.39, 0.29) is 18.4 Å². The summed E-state index contributed by atoms with van der Waals surface area (Å²) in [4.78, 5) is 26.2. The predicted octanol–water partition coefficient (Wildman–Crippen LogP) is 2.61. The Morgan fingerprint density at radius 2 is 2.07 bits per heavy atom. The van der Waals surface area contributed by atoms with Gasteiger partial charge >= 0.3 is 0 Å². The molecule has 28 heavy (non-hydrogen) atoms. The second kappa shape index (κ2) is 8.31. The largest absolute Gasteiger partial charge is 0.492 e. The molecule has 146 valence electrons. The van der Waals surface area contributed by atoms with Crippen molar-refractivity contribution in [2.24, 2.45) is 0 Å². The van der Waals surface area contributed by atoms with Crippen LogP contribution < -0.4 is 19.7 Å². The van der Waals surface area contributed by atoms with E-state index in [1.165, 1.54) is 0 Å². The van der Waals surface area contributed by atoms with Gasteiger partial charge in [-0.2, -0.15) is 0 Å². The van der Waals surface area contributed by atoms with Crippen LogP contribution in [0.1, 0.15) is 12.8 Å². The lowest BCUT2D eigenvalue weighted by atomic mass is 10.2. The number of benzene rings is 2. The minimum atomic E-state index is -0.398. The third-order valence-corrected chi connectivity index (χ3v) is 4.72. The number of nitrogens with one attached hydrogen (secondary N) is 1. The molecule has 1 atom stereocenters. The molecule has 2 aromatic rings. The van der Waals surface area contributed by atoms with Gasteiger partial charge in [0.15, 0.2) is 6.61 Å². The average molecular weight is 382 g/mol. The molecule has 1 saturated heterocycles. The van der Waals surface area contributed by atoms with Crippen LogP contribution in [0, 0.1) is 0 Å². The molecule has 1 N–H and O–H groups in total. The lowest BCUT2D eigenvalue weighted by molar-refractivity contribution is -0.124. The lowest BCUT2D eigenvalue weighted by Crippen LogP contribution is -2.41. The number of carbonyl (C=O) groups excluding carboxylic acids is 2. The van der Waals surface area contributed by atoms with E-state index in [0.29, 0.717) is 36.9 Å². The Morgan fingerprint density at radius 1 is 1.21 bits per heavy atom. The Hall–Kier alpha value is -3.06. The van der Waals surface area contributed by atoms with Crippen molar-refractivity contribution in [1.82, 2.24) is 0 Å². The van der Waals surface area contributed by atoms with Crippen LogP contribution in [0.3, 0.4) is 0 Å². The molecule has 0 spiro atoms. The zero-order valence-electron chi connectivity index (χ0n) is 15.4. The van der Waals surface area contributed by atoms with Gasteiger partial charge in [0.1, 0.15) is 24.2 Å². The molecule has 7 nitrogen and oxygen atoms in total. The molecular formula is C21H22N2O5. The van der Waals surface area contributed by atoms with Gasteiger partial charge in [-0.1, -0.05) is 18.2 Å². The summed E-state index contributed by atoms with van der Waals surface area (Å²) in [7, 11) is 0. The number of anilines is 2. The van der Waals surface area contributed by atoms with E-state index in [1.54, 1.807) is 23.1 Å². The number of hydrogen-bond donors (Lipinski definition) is 1. The van der Waals surface area contributed by atoms with E-state index < -0.39 is 6.10 Å². The Morgan fingerprint density at radius 3 is 2.86 bits per heavy atom. The van der Waals surface area contributed by atoms with Crippen molar-refractivity contribution < 1.29 is 23.8 Å². The van der Waals surface area contributed by atoms with Crippen molar-refractivity contribution >= 4 is 23.2 Å². The molecule has 1 fully saturated rings. The van der Waals surface area contributed by atoms with E-state index in [9.17, 15) is 9.59 Å². The summed E-state index contributed by atoms with van der Waals surface area (Å²) in [5.41, 5.74) is 1.29. The molecule has 7 heteroatoms. The SMILES string of the molecule is O=C(Nc1ccc2c(c1)OCC(=O)N2CCOc1ccccc1)C1CCCO1. The molecule has 2 amide bonds. The van der Waals surface area contributed by atoms with Gasteiger partial charge in [0.2, 0.25) is 0 Å². The zero-order valence-corrected chi connectivity index (χ0v) is 15.4. The maximum absolute atomic E-state index is 12.3. The van der Waals surface area contributed by atoms with Gasteiger partial charge in [0.25, 0.3) is 11.8 Å². The summed E-state index contributed by atoms with van der Waals surface area (Å²) >= 11 is 0. The predicted molar refractivity (Wildman–Crippen MR) is 104 cm³/mol. The monoisotopic (exact) mass is 382 g/mol. The second-order valence-electron chi connectivity index (χ2n) is 6.67. The van der Waals surface area contributed by atoms with Gasteiger partial charge in [-0.15, -0.1) is 0 Å². The summed E-state index contributed by atoms with van der Waals surface area (Å²) in [5.74, 6) is 1.04. The quantitative estimate of drug-likeness (QED) is 0.831. The highest BCUT2D eigenvalue weighted by Gasteiger charge is 2.27. The number of hydrogen-bond acceptors (Lipinski definition) is 5. The summed E-state index contributed by atoms with van der Waals surface area (Å²) in [5, 5.41) is 2.85. The number of para-hydroxylation sites is 1. The van der Waals surface area contributed by atoms with E-state index in [4.69, 9.17) is 14.2 Å². The number of rotatable bonds is 6. The normalized spacial score (nSPS) is 18.4. The van der Waals surface area contributed by atoms with Crippen molar-refractivity contribution in [1.29, 1.82) is 0 Å². The van der Waals surface area contributed by atoms with E-state index in [1.807, 2.05) is 30.3 Å². The first kappa shape index (κ1) is 18.3. The van der Waals surface area contributed by atoms with Gasteiger partial charge < -0.3 is 24.4 Å². The van der Waals surface area contributed by atoms with Crippen molar-refractivity contribution in [3.63, 3.8) is 0 Å². The van der Waals surface area contributed by atoms with E-state index in [2.05, 4.69) is 5.32 Å². The topological polar surface area (TPSA) is 77.1 Å². The standard InChI is InChI=1S/C21H22N2O5/c24-20-14-28-19-13-15(22-21(25)18-7-4-11-27-18)8-9-17(19)23(20)10-12-26-16-5-2-1-3-6-16/h1-3,5-6,8-9,13,18H,4,7,10-12,14H2,(H,22,25). The van der Waals surface area contributed by atoms with Crippen LogP contribution in [-0.2, 0) is 14.3 Å². The van der Waals surface area contributed by atoms with Crippen LogP contribution in [-0.4, -0.2) is 44.3 Å². The van der Waals surface area contributed by atoms with Gasteiger partial charge in [-0.25, -0.2) is 0 Å². The number of nitrogens with zero attached hydrogens (tertiary/aromatic N) is 1. The van der Waals surface area contributed by atoms with Gasteiger partial charge in [0.05, 0.1) is 12.2 Å². The summed E-state index contributed by atoms with van der Waals surface area (Å²) in [6, 6.07) is 14.7. The van der Waals surface area contributed by atoms with Crippen molar-refractivity contribution in [2.75, 3.05) is 36.6 Å². The molecule has 2 aliphatic rings. The highest BCUT2D eigenvalue weighted by Crippen LogP contribution is 2.34. The average Bonchev–Trinajstić information content (AvgIpc) is 3.25. The van der Waals surface area contributed by atoms with Crippen LogP contribution in [0.5, 0.6) is 11.5 Å². The molecule has 0 bridgehead atoms.